The Morgan fingerprint density at radius 1 is 1.27 bits per heavy atom. The van der Waals surface area contributed by atoms with E-state index >= 15 is 0 Å². The van der Waals surface area contributed by atoms with Crippen LogP contribution < -0.4 is 5.32 Å². The number of nitrogens with one attached hydrogen (secondary N) is 1. The molecule has 1 aromatic carbocycles. The van der Waals surface area contributed by atoms with E-state index in [9.17, 15) is 27.6 Å². The standard InChI is InChI=1S/C19H16ClF3N2O5/c1-25(17(27)11-30-18(28)7-5-13-3-2-8-29-13)10-16(26)24-12-4-6-15(20)14(9-12)19(21,22)23/h2-9H,10-11H2,1H3,(H,24,26)/b7-5+. The highest BCUT2D eigenvalue weighted by molar-refractivity contribution is 6.31. The van der Waals surface area contributed by atoms with Crippen LogP contribution in [0.2, 0.25) is 5.02 Å². The lowest BCUT2D eigenvalue weighted by molar-refractivity contribution is -0.148. The number of carbonyl (C=O) groups excluding carboxylic acids is 3. The van der Waals surface area contributed by atoms with Gasteiger partial charge in [-0.1, -0.05) is 11.6 Å². The zero-order valence-electron chi connectivity index (χ0n) is 15.5. The van der Waals surface area contributed by atoms with Gasteiger partial charge in [0.25, 0.3) is 5.91 Å². The summed E-state index contributed by atoms with van der Waals surface area (Å²) >= 11 is 5.52. The van der Waals surface area contributed by atoms with Gasteiger partial charge in [0.2, 0.25) is 5.91 Å². The molecule has 0 aliphatic carbocycles. The quantitative estimate of drug-likeness (QED) is 0.520. The van der Waals surface area contributed by atoms with Crippen molar-refractivity contribution in [3.05, 3.63) is 59.0 Å². The van der Waals surface area contributed by atoms with Crippen LogP contribution in [0, 0.1) is 0 Å². The molecule has 2 amide bonds. The number of hydrogen-bond acceptors (Lipinski definition) is 5. The Balaban J connectivity index is 1.83. The van der Waals surface area contributed by atoms with E-state index in [1.807, 2.05) is 0 Å². The fourth-order valence-corrected chi connectivity index (χ4v) is 2.38. The van der Waals surface area contributed by atoms with Gasteiger partial charge >= 0.3 is 12.1 Å². The van der Waals surface area contributed by atoms with Gasteiger partial charge < -0.3 is 19.4 Å². The van der Waals surface area contributed by atoms with E-state index in [1.54, 1.807) is 12.1 Å². The van der Waals surface area contributed by atoms with Crippen molar-refractivity contribution >= 4 is 41.1 Å². The van der Waals surface area contributed by atoms with Gasteiger partial charge in [-0.05, 0) is 36.4 Å². The lowest BCUT2D eigenvalue weighted by Gasteiger charge is -2.17. The van der Waals surface area contributed by atoms with Crippen LogP contribution in [0.25, 0.3) is 6.08 Å². The molecule has 1 heterocycles. The Bertz CT molecular complexity index is 942. The van der Waals surface area contributed by atoms with E-state index in [4.69, 9.17) is 20.8 Å². The zero-order chi connectivity index (χ0) is 22.3. The highest BCUT2D eigenvalue weighted by atomic mass is 35.5. The molecular weight excluding hydrogens is 429 g/mol. The van der Waals surface area contributed by atoms with Gasteiger partial charge in [0, 0.05) is 18.8 Å². The van der Waals surface area contributed by atoms with E-state index < -0.39 is 47.7 Å². The van der Waals surface area contributed by atoms with Gasteiger partial charge in [-0.15, -0.1) is 0 Å². The normalized spacial score (nSPS) is 11.4. The molecule has 7 nitrogen and oxygen atoms in total. The van der Waals surface area contributed by atoms with Crippen molar-refractivity contribution in [2.75, 3.05) is 25.5 Å². The number of alkyl halides is 3. The second-order valence-electron chi connectivity index (χ2n) is 5.95. The summed E-state index contributed by atoms with van der Waals surface area (Å²) in [5.41, 5.74) is -1.23. The van der Waals surface area contributed by atoms with Gasteiger partial charge in [-0.25, -0.2) is 4.79 Å². The first-order chi connectivity index (χ1) is 14.1. The topological polar surface area (TPSA) is 88.9 Å². The fraction of sp³-hybridized carbons (Fsp3) is 0.211. The van der Waals surface area contributed by atoms with Crippen molar-refractivity contribution in [2.45, 2.75) is 6.18 Å². The molecule has 0 atom stereocenters. The maximum Gasteiger partial charge on any atom is 0.417 e. The van der Waals surface area contributed by atoms with Crippen LogP contribution in [0.1, 0.15) is 11.3 Å². The molecule has 1 N–H and O–H groups in total. The molecule has 30 heavy (non-hydrogen) atoms. The first kappa shape index (κ1) is 23.0. The summed E-state index contributed by atoms with van der Waals surface area (Å²) < 4.78 is 48.3. The third kappa shape index (κ3) is 6.96. The Morgan fingerprint density at radius 2 is 2.00 bits per heavy atom. The number of halogens is 4. The molecule has 0 bridgehead atoms. The molecule has 11 heteroatoms. The smallest absolute Gasteiger partial charge is 0.417 e. The van der Waals surface area contributed by atoms with Gasteiger partial charge in [0.15, 0.2) is 6.61 Å². The average Bonchev–Trinajstić information content (AvgIpc) is 3.18. The van der Waals surface area contributed by atoms with E-state index in [0.29, 0.717) is 11.8 Å². The summed E-state index contributed by atoms with van der Waals surface area (Å²) in [7, 11) is 1.28. The van der Waals surface area contributed by atoms with Crippen LogP contribution in [0.5, 0.6) is 0 Å². The number of benzene rings is 1. The molecule has 1 aromatic heterocycles. The lowest BCUT2D eigenvalue weighted by Crippen LogP contribution is -2.37. The molecule has 160 valence electrons. The highest BCUT2D eigenvalue weighted by Gasteiger charge is 2.33. The van der Waals surface area contributed by atoms with Crippen LogP contribution >= 0.6 is 11.6 Å². The molecule has 2 rings (SSSR count). The minimum absolute atomic E-state index is 0.132. The maximum atomic E-state index is 12.9. The minimum Gasteiger partial charge on any atom is -0.465 e. The van der Waals surface area contributed by atoms with Crippen molar-refractivity contribution in [1.29, 1.82) is 0 Å². The van der Waals surface area contributed by atoms with Crippen molar-refractivity contribution < 1.29 is 36.7 Å². The van der Waals surface area contributed by atoms with E-state index in [0.717, 1.165) is 17.0 Å². The minimum atomic E-state index is -4.68. The summed E-state index contributed by atoms with van der Waals surface area (Å²) in [6.07, 6.45) is -0.842. The molecule has 0 unspecified atom stereocenters. The average molecular weight is 445 g/mol. The van der Waals surface area contributed by atoms with Crippen molar-refractivity contribution in [2.24, 2.45) is 0 Å². The number of esters is 1. The Kier molecular flexibility index (Phi) is 7.65. The van der Waals surface area contributed by atoms with Crippen LogP contribution in [0.3, 0.4) is 0 Å². The Morgan fingerprint density at radius 3 is 2.63 bits per heavy atom. The molecular formula is C19H16ClF3N2O5. The zero-order valence-corrected chi connectivity index (χ0v) is 16.3. The number of ether oxygens (including phenoxy) is 1. The van der Waals surface area contributed by atoms with Crippen LogP contribution in [0.4, 0.5) is 18.9 Å². The van der Waals surface area contributed by atoms with Crippen LogP contribution in [-0.4, -0.2) is 42.9 Å². The third-order valence-electron chi connectivity index (χ3n) is 3.63. The molecule has 0 saturated carbocycles. The van der Waals surface area contributed by atoms with Gasteiger partial charge in [-0.2, -0.15) is 13.2 Å². The van der Waals surface area contributed by atoms with E-state index in [1.165, 1.54) is 25.5 Å². The summed E-state index contributed by atoms with van der Waals surface area (Å²) in [4.78, 5) is 36.5. The first-order valence-corrected chi connectivity index (χ1v) is 8.73. The van der Waals surface area contributed by atoms with E-state index in [-0.39, 0.29) is 5.69 Å². The summed E-state index contributed by atoms with van der Waals surface area (Å²) in [5.74, 6) is -1.80. The Labute approximate surface area is 174 Å². The molecule has 0 fully saturated rings. The van der Waals surface area contributed by atoms with Crippen LogP contribution in [0.15, 0.2) is 47.1 Å². The lowest BCUT2D eigenvalue weighted by atomic mass is 10.2. The second-order valence-corrected chi connectivity index (χ2v) is 6.35. The monoisotopic (exact) mass is 444 g/mol. The predicted molar refractivity (Wildman–Crippen MR) is 101 cm³/mol. The number of anilines is 1. The number of nitrogens with zero attached hydrogens (tertiary/aromatic N) is 1. The fourth-order valence-electron chi connectivity index (χ4n) is 2.15. The molecule has 0 aliphatic heterocycles. The number of amides is 2. The first-order valence-electron chi connectivity index (χ1n) is 8.35. The van der Waals surface area contributed by atoms with Gasteiger partial charge in [0.1, 0.15) is 5.76 Å². The largest absolute Gasteiger partial charge is 0.465 e. The van der Waals surface area contributed by atoms with Crippen molar-refractivity contribution in [3.63, 3.8) is 0 Å². The van der Waals surface area contributed by atoms with Gasteiger partial charge in [-0.3, -0.25) is 9.59 Å². The number of furan rings is 1. The third-order valence-corrected chi connectivity index (χ3v) is 3.96. The molecule has 0 radical (unpaired) electrons. The summed E-state index contributed by atoms with van der Waals surface area (Å²) in [6, 6.07) is 6.13. The number of likely N-dealkylation sites (N-methyl/N-ethyl adjacent to an activating group) is 1. The van der Waals surface area contributed by atoms with Crippen molar-refractivity contribution in [1.82, 2.24) is 4.90 Å². The number of carbonyl (C=O) groups is 3. The SMILES string of the molecule is CN(CC(=O)Nc1ccc(Cl)c(C(F)(F)F)c1)C(=O)COC(=O)/C=C/c1ccco1. The number of hydrogen-bond donors (Lipinski definition) is 1. The maximum absolute atomic E-state index is 12.9. The van der Waals surface area contributed by atoms with Crippen LogP contribution in [-0.2, 0) is 25.3 Å². The summed E-state index contributed by atoms with van der Waals surface area (Å²) in [6.45, 7) is -1.09. The highest BCUT2D eigenvalue weighted by Crippen LogP contribution is 2.36. The molecule has 0 spiro atoms. The molecule has 0 aliphatic rings. The molecule has 2 aromatic rings. The summed E-state index contributed by atoms with van der Waals surface area (Å²) in [5, 5.41) is 1.74. The predicted octanol–water partition coefficient (Wildman–Crippen LogP) is 3.61. The second kappa shape index (κ2) is 9.97. The van der Waals surface area contributed by atoms with Gasteiger partial charge in [0.05, 0.1) is 23.4 Å². The molecule has 0 saturated heterocycles. The Hall–Kier alpha value is -3.27. The van der Waals surface area contributed by atoms with Crippen molar-refractivity contribution in [3.8, 4) is 0 Å². The van der Waals surface area contributed by atoms with E-state index in [2.05, 4.69) is 5.32 Å². The number of rotatable bonds is 7.